The van der Waals surface area contributed by atoms with Crippen LogP contribution < -0.4 is 10.1 Å². The molecule has 1 unspecified atom stereocenters. The lowest BCUT2D eigenvalue weighted by Crippen LogP contribution is -2.24. The van der Waals surface area contributed by atoms with Gasteiger partial charge in [-0.1, -0.05) is 30.7 Å². The van der Waals surface area contributed by atoms with E-state index in [1.807, 2.05) is 13.8 Å². The van der Waals surface area contributed by atoms with Crippen LogP contribution in [0.4, 0.5) is 8.78 Å². The molecule has 0 saturated carbocycles. The summed E-state index contributed by atoms with van der Waals surface area (Å²) in [5.41, 5.74) is 1.66. The van der Waals surface area contributed by atoms with Crippen LogP contribution in [0.1, 0.15) is 29.7 Å². The van der Waals surface area contributed by atoms with E-state index in [-0.39, 0.29) is 5.82 Å². The number of halogens is 2. The van der Waals surface area contributed by atoms with Crippen LogP contribution in [0.3, 0.4) is 0 Å². The molecule has 1 atom stereocenters. The quantitative estimate of drug-likeness (QED) is 0.899. The van der Waals surface area contributed by atoms with Gasteiger partial charge in [-0.3, -0.25) is 0 Å². The van der Waals surface area contributed by atoms with Gasteiger partial charge in [-0.05, 0) is 31.7 Å². The first-order valence-electron chi connectivity index (χ1n) is 6.90. The maximum absolute atomic E-state index is 14.3. The second kappa shape index (κ2) is 6.68. The van der Waals surface area contributed by atoms with Gasteiger partial charge in [-0.15, -0.1) is 0 Å². The van der Waals surface area contributed by atoms with Crippen LogP contribution in [0.25, 0.3) is 0 Å². The third-order valence-electron chi connectivity index (χ3n) is 3.39. The average Bonchev–Trinajstić information content (AvgIpc) is 2.48. The maximum atomic E-state index is 14.3. The minimum absolute atomic E-state index is 0.325. The summed E-state index contributed by atoms with van der Waals surface area (Å²) in [5, 5.41) is 3.14. The fourth-order valence-electron chi connectivity index (χ4n) is 2.43. The molecule has 2 aromatic rings. The Balaban J connectivity index is 2.61. The Hall–Kier alpha value is -1.94. The van der Waals surface area contributed by atoms with Crippen molar-refractivity contribution < 1.29 is 13.5 Å². The van der Waals surface area contributed by atoms with Crippen LogP contribution in [-0.2, 0) is 0 Å². The topological polar surface area (TPSA) is 21.3 Å². The van der Waals surface area contributed by atoms with Crippen LogP contribution in [0, 0.1) is 18.6 Å². The van der Waals surface area contributed by atoms with Crippen molar-refractivity contribution in [2.75, 3.05) is 13.7 Å². The van der Waals surface area contributed by atoms with Gasteiger partial charge in [-0.25, -0.2) is 8.78 Å². The zero-order valence-corrected chi connectivity index (χ0v) is 12.4. The number of benzene rings is 2. The zero-order valence-electron chi connectivity index (χ0n) is 12.4. The molecule has 0 aliphatic carbocycles. The normalized spacial score (nSPS) is 12.2. The second-order valence-electron chi connectivity index (χ2n) is 4.87. The van der Waals surface area contributed by atoms with E-state index in [0.717, 1.165) is 5.56 Å². The molecule has 0 amide bonds. The third kappa shape index (κ3) is 3.22. The maximum Gasteiger partial charge on any atom is 0.132 e. The minimum atomic E-state index is -0.592. The lowest BCUT2D eigenvalue weighted by Gasteiger charge is -2.22. The molecule has 1 N–H and O–H groups in total. The van der Waals surface area contributed by atoms with Gasteiger partial charge in [0, 0.05) is 5.56 Å². The Kier molecular flexibility index (Phi) is 4.91. The van der Waals surface area contributed by atoms with E-state index in [4.69, 9.17) is 4.74 Å². The lowest BCUT2D eigenvalue weighted by atomic mass is 9.95. The molecule has 0 bridgehead atoms. The molecule has 0 aromatic heterocycles. The molecule has 0 heterocycles. The lowest BCUT2D eigenvalue weighted by molar-refractivity contribution is 0.396. The first-order valence-corrected chi connectivity index (χ1v) is 6.90. The molecule has 0 spiro atoms. The van der Waals surface area contributed by atoms with Crippen LogP contribution in [0.5, 0.6) is 5.75 Å². The van der Waals surface area contributed by atoms with Crippen molar-refractivity contribution >= 4 is 0 Å². The molecule has 0 aliphatic heterocycles. The number of nitrogens with one attached hydrogen (secondary N) is 1. The summed E-state index contributed by atoms with van der Waals surface area (Å²) >= 11 is 0. The number of aryl methyl sites for hydroxylation is 1. The van der Waals surface area contributed by atoms with Crippen molar-refractivity contribution in [3.8, 4) is 5.75 Å². The fourth-order valence-corrected chi connectivity index (χ4v) is 2.43. The monoisotopic (exact) mass is 291 g/mol. The Morgan fingerprint density at radius 2 is 1.90 bits per heavy atom. The molecule has 2 rings (SSSR count). The van der Waals surface area contributed by atoms with Crippen molar-refractivity contribution in [3.05, 3.63) is 64.7 Å². The molecule has 0 saturated heterocycles. The highest BCUT2D eigenvalue weighted by Gasteiger charge is 2.24. The Labute approximate surface area is 123 Å². The zero-order chi connectivity index (χ0) is 15.4. The molecule has 0 aliphatic rings. The summed E-state index contributed by atoms with van der Waals surface area (Å²) in [6.45, 7) is 4.36. The summed E-state index contributed by atoms with van der Waals surface area (Å²) in [6, 6.07) is 8.85. The number of hydrogen-bond donors (Lipinski definition) is 1. The SMILES string of the molecule is CCNC(c1cc(C)ccc1F)c1c(F)cccc1OC. The summed E-state index contributed by atoms with van der Waals surface area (Å²) in [6.07, 6.45) is 0. The molecular formula is C17H19F2NO. The molecular weight excluding hydrogens is 272 g/mol. The van der Waals surface area contributed by atoms with Gasteiger partial charge < -0.3 is 10.1 Å². The smallest absolute Gasteiger partial charge is 0.132 e. The molecule has 4 heteroatoms. The van der Waals surface area contributed by atoms with Crippen molar-refractivity contribution in [3.63, 3.8) is 0 Å². The van der Waals surface area contributed by atoms with Gasteiger partial charge in [0.15, 0.2) is 0 Å². The number of hydrogen-bond acceptors (Lipinski definition) is 2. The molecule has 112 valence electrons. The van der Waals surface area contributed by atoms with Gasteiger partial charge in [0.25, 0.3) is 0 Å². The Bertz CT molecular complexity index is 628. The van der Waals surface area contributed by atoms with Crippen molar-refractivity contribution in [2.24, 2.45) is 0 Å². The van der Waals surface area contributed by atoms with Gasteiger partial charge in [-0.2, -0.15) is 0 Å². The third-order valence-corrected chi connectivity index (χ3v) is 3.39. The predicted octanol–water partition coefficient (Wildman–Crippen LogP) is 3.98. The second-order valence-corrected chi connectivity index (χ2v) is 4.87. The van der Waals surface area contributed by atoms with Crippen LogP contribution >= 0.6 is 0 Å². The van der Waals surface area contributed by atoms with E-state index in [1.165, 1.54) is 19.2 Å². The van der Waals surface area contributed by atoms with Gasteiger partial charge in [0.2, 0.25) is 0 Å². The van der Waals surface area contributed by atoms with Gasteiger partial charge >= 0.3 is 0 Å². The van der Waals surface area contributed by atoms with E-state index in [1.54, 1.807) is 24.3 Å². The summed E-state index contributed by atoms with van der Waals surface area (Å²) in [5.74, 6) is -0.375. The van der Waals surface area contributed by atoms with E-state index in [9.17, 15) is 8.78 Å². The molecule has 2 nitrogen and oxygen atoms in total. The summed E-state index contributed by atoms with van der Waals surface area (Å²) in [4.78, 5) is 0. The molecule has 2 aromatic carbocycles. The molecule has 21 heavy (non-hydrogen) atoms. The number of methoxy groups -OCH3 is 1. The largest absolute Gasteiger partial charge is 0.496 e. The van der Waals surface area contributed by atoms with E-state index in [2.05, 4.69) is 5.32 Å². The number of rotatable bonds is 5. The standard InChI is InChI=1S/C17H19F2NO/c1-4-20-17(12-10-11(2)8-9-13(12)18)16-14(19)6-5-7-15(16)21-3/h5-10,17,20H,4H2,1-3H3. The first-order chi connectivity index (χ1) is 10.1. The highest BCUT2D eigenvalue weighted by atomic mass is 19.1. The van der Waals surface area contributed by atoms with Crippen molar-refractivity contribution in [2.45, 2.75) is 19.9 Å². The van der Waals surface area contributed by atoms with Crippen LogP contribution in [0.2, 0.25) is 0 Å². The van der Waals surface area contributed by atoms with E-state index >= 15 is 0 Å². The van der Waals surface area contributed by atoms with Crippen molar-refractivity contribution in [1.29, 1.82) is 0 Å². The highest BCUT2D eigenvalue weighted by molar-refractivity contribution is 5.43. The van der Waals surface area contributed by atoms with Gasteiger partial charge in [0.1, 0.15) is 17.4 Å². The summed E-state index contributed by atoms with van der Waals surface area (Å²) < 4.78 is 33.7. The fraction of sp³-hybridized carbons (Fsp3) is 0.294. The predicted molar refractivity (Wildman–Crippen MR) is 79.6 cm³/mol. The Morgan fingerprint density at radius 3 is 2.57 bits per heavy atom. The highest BCUT2D eigenvalue weighted by Crippen LogP contribution is 2.33. The Morgan fingerprint density at radius 1 is 1.14 bits per heavy atom. The van der Waals surface area contributed by atoms with Crippen LogP contribution in [-0.4, -0.2) is 13.7 Å². The van der Waals surface area contributed by atoms with Gasteiger partial charge in [0.05, 0.1) is 18.7 Å². The molecule has 0 radical (unpaired) electrons. The number of ether oxygens (including phenoxy) is 1. The van der Waals surface area contributed by atoms with E-state index in [0.29, 0.717) is 23.4 Å². The summed E-state index contributed by atoms with van der Waals surface area (Å²) in [7, 11) is 1.48. The van der Waals surface area contributed by atoms with Crippen LogP contribution in [0.15, 0.2) is 36.4 Å². The molecule has 0 fully saturated rings. The first kappa shape index (κ1) is 15.4. The average molecular weight is 291 g/mol. The van der Waals surface area contributed by atoms with Crippen molar-refractivity contribution in [1.82, 2.24) is 5.32 Å². The minimum Gasteiger partial charge on any atom is -0.496 e. The van der Waals surface area contributed by atoms with E-state index < -0.39 is 11.9 Å².